The summed E-state index contributed by atoms with van der Waals surface area (Å²) in [6.07, 6.45) is 1.25. The Hall–Kier alpha value is -0.560. The monoisotopic (exact) mass is 318 g/mol. The van der Waals surface area contributed by atoms with Crippen LogP contribution in [0.4, 0.5) is 0 Å². The van der Waals surface area contributed by atoms with E-state index in [0.717, 1.165) is 0 Å². The molecule has 0 aromatic heterocycles. The summed E-state index contributed by atoms with van der Waals surface area (Å²) < 4.78 is 17.8. The maximum Gasteiger partial charge on any atom is 0.466 e. The average molecular weight is 318 g/mol. The molecule has 0 aliphatic rings. The minimum absolute atomic E-state index is 1.25. The zero-order valence-electron chi connectivity index (χ0n) is 10.6. The highest BCUT2D eigenvalue weighted by molar-refractivity contribution is 7.45. The standard InChI is InChI=1S/C6H6.C3H8.2H3O4P/c1-2-4-6-5-3-1;1-3-2;2*1-5(2,3)4/h1-6H;3H2,1-2H3;2*(H3,1,2,3,4). The van der Waals surface area contributed by atoms with Gasteiger partial charge in [-0.3, -0.25) is 0 Å². The zero-order valence-corrected chi connectivity index (χ0v) is 12.4. The Morgan fingerprint density at radius 1 is 0.632 bits per heavy atom. The van der Waals surface area contributed by atoms with Gasteiger partial charge in [-0.1, -0.05) is 56.7 Å². The molecule has 0 atom stereocenters. The molecule has 0 radical (unpaired) electrons. The van der Waals surface area contributed by atoms with Gasteiger partial charge in [0, 0.05) is 0 Å². The van der Waals surface area contributed by atoms with Crippen LogP contribution < -0.4 is 0 Å². The van der Waals surface area contributed by atoms with Gasteiger partial charge in [0.25, 0.3) is 0 Å². The van der Waals surface area contributed by atoms with E-state index in [1.165, 1.54) is 6.42 Å². The molecule has 1 aromatic carbocycles. The maximum absolute atomic E-state index is 8.88. The van der Waals surface area contributed by atoms with Crippen molar-refractivity contribution in [3.63, 3.8) is 0 Å². The van der Waals surface area contributed by atoms with Gasteiger partial charge in [-0.2, -0.15) is 0 Å². The fourth-order valence-corrected chi connectivity index (χ4v) is 0.385. The molecule has 0 aliphatic carbocycles. The smallest absolute Gasteiger partial charge is 0.303 e. The van der Waals surface area contributed by atoms with Crippen LogP contribution >= 0.6 is 15.6 Å². The molecule has 0 fully saturated rings. The average Bonchev–Trinajstić information content (AvgIpc) is 2.16. The van der Waals surface area contributed by atoms with Crippen LogP contribution in [0.3, 0.4) is 0 Å². The summed E-state index contributed by atoms with van der Waals surface area (Å²) >= 11 is 0. The Morgan fingerprint density at radius 3 is 0.737 bits per heavy atom. The first-order valence-corrected chi connectivity index (χ1v) is 8.11. The molecule has 1 aromatic rings. The molecular weight excluding hydrogens is 298 g/mol. The third-order valence-electron chi connectivity index (χ3n) is 0.667. The Kier molecular flexibility index (Phi) is 17.2. The normalized spacial score (nSPS) is 9.68. The summed E-state index contributed by atoms with van der Waals surface area (Å²) in [5.74, 6) is 0. The molecule has 0 bridgehead atoms. The van der Waals surface area contributed by atoms with Crippen molar-refractivity contribution in [2.24, 2.45) is 0 Å². The van der Waals surface area contributed by atoms with Crippen molar-refractivity contribution < 1.29 is 38.5 Å². The highest BCUT2D eigenvalue weighted by atomic mass is 31.2. The van der Waals surface area contributed by atoms with E-state index >= 15 is 0 Å². The Balaban J connectivity index is -0.000000185. The van der Waals surface area contributed by atoms with Gasteiger partial charge in [-0.25, -0.2) is 9.13 Å². The van der Waals surface area contributed by atoms with Crippen LogP contribution in [0.5, 0.6) is 0 Å². The Bertz CT molecular complexity index is 295. The molecule has 19 heavy (non-hydrogen) atoms. The highest BCUT2D eigenvalue weighted by Crippen LogP contribution is 2.26. The highest BCUT2D eigenvalue weighted by Gasteiger charge is 2.00. The summed E-state index contributed by atoms with van der Waals surface area (Å²) in [5.41, 5.74) is 0. The predicted molar refractivity (Wildman–Crippen MR) is 70.9 cm³/mol. The van der Waals surface area contributed by atoms with E-state index in [1.807, 2.05) is 36.4 Å². The lowest BCUT2D eigenvalue weighted by molar-refractivity contribution is 0.272. The van der Waals surface area contributed by atoms with Crippen LogP contribution in [0.25, 0.3) is 0 Å². The van der Waals surface area contributed by atoms with Crippen LogP contribution in [-0.2, 0) is 9.13 Å². The Labute approximate surface area is 111 Å². The second kappa shape index (κ2) is 13.9. The minimum atomic E-state index is -4.64. The van der Waals surface area contributed by atoms with Crippen LogP contribution in [0.15, 0.2) is 36.4 Å². The van der Waals surface area contributed by atoms with Crippen LogP contribution in [-0.4, -0.2) is 29.4 Å². The van der Waals surface area contributed by atoms with Crippen molar-refractivity contribution in [3.8, 4) is 0 Å². The first kappa shape index (κ1) is 23.5. The topological polar surface area (TPSA) is 156 Å². The molecule has 0 saturated heterocycles. The third-order valence-corrected chi connectivity index (χ3v) is 0.667. The molecule has 114 valence electrons. The van der Waals surface area contributed by atoms with Gasteiger partial charge in [0.2, 0.25) is 0 Å². The summed E-state index contributed by atoms with van der Waals surface area (Å²) in [6.45, 7) is 4.25. The Morgan fingerprint density at radius 2 is 0.684 bits per heavy atom. The lowest BCUT2D eigenvalue weighted by Crippen LogP contribution is -1.66. The van der Waals surface area contributed by atoms with Crippen LogP contribution in [0.2, 0.25) is 0 Å². The quantitative estimate of drug-likeness (QED) is 0.390. The van der Waals surface area contributed by atoms with Crippen molar-refractivity contribution >= 4 is 15.6 Å². The summed E-state index contributed by atoms with van der Waals surface area (Å²) in [6, 6.07) is 12.0. The van der Waals surface area contributed by atoms with Crippen molar-refractivity contribution in [1.29, 1.82) is 0 Å². The molecule has 0 saturated carbocycles. The third kappa shape index (κ3) is 140. The summed E-state index contributed by atoms with van der Waals surface area (Å²) in [5, 5.41) is 0. The van der Waals surface area contributed by atoms with Crippen molar-refractivity contribution in [3.05, 3.63) is 36.4 Å². The van der Waals surface area contributed by atoms with Gasteiger partial charge >= 0.3 is 15.6 Å². The maximum atomic E-state index is 8.88. The molecule has 0 amide bonds. The first-order chi connectivity index (χ1) is 8.41. The van der Waals surface area contributed by atoms with E-state index in [1.54, 1.807) is 0 Å². The minimum Gasteiger partial charge on any atom is -0.303 e. The number of phosphoric acid groups is 2. The number of hydrogen-bond acceptors (Lipinski definition) is 2. The van der Waals surface area contributed by atoms with Gasteiger partial charge < -0.3 is 29.4 Å². The first-order valence-electron chi connectivity index (χ1n) is 4.98. The van der Waals surface area contributed by atoms with Crippen molar-refractivity contribution in [2.75, 3.05) is 0 Å². The lowest BCUT2D eigenvalue weighted by Gasteiger charge is -1.82. The molecule has 0 spiro atoms. The molecular formula is C9H20O8P2. The summed E-state index contributed by atoms with van der Waals surface area (Å²) in [7, 11) is -9.28. The molecule has 0 heterocycles. The summed E-state index contributed by atoms with van der Waals surface area (Å²) in [4.78, 5) is 43.1. The van der Waals surface area contributed by atoms with E-state index in [-0.39, 0.29) is 0 Å². The van der Waals surface area contributed by atoms with E-state index in [0.29, 0.717) is 0 Å². The second-order valence-electron chi connectivity index (χ2n) is 2.89. The number of benzene rings is 1. The van der Waals surface area contributed by atoms with Gasteiger partial charge in [0.1, 0.15) is 0 Å². The zero-order chi connectivity index (χ0) is 15.9. The lowest BCUT2D eigenvalue weighted by atomic mass is 10.4. The largest absolute Gasteiger partial charge is 0.466 e. The number of hydrogen-bond donors (Lipinski definition) is 6. The van der Waals surface area contributed by atoms with E-state index in [4.69, 9.17) is 38.5 Å². The van der Waals surface area contributed by atoms with Crippen LogP contribution in [0.1, 0.15) is 20.3 Å². The van der Waals surface area contributed by atoms with Crippen molar-refractivity contribution in [1.82, 2.24) is 0 Å². The van der Waals surface area contributed by atoms with Crippen molar-refractivity contribution in [2.45, 2.75) is 20.3 Å². The van der Waals surface area contributed by atoms with Gasteiger partial charge in [-0.15, -0.1) is 0 Å². The second-order valence-corrected chi connectivity index (χ2v) is 4.94. The fraction of sp³-hybridized carbons (Fsp3) is 0.333. The van der Waals surface area contributed by atoms with E-state index < -0.39 is 15.6 Å². The van der Waals surface area contributed by atoms with Crippen LogP contribution in [0, 0.1) is 0 Å². The number of rotatable bonds is 0. The SMILES string of the molecule is CCC.O=P(O)(O)O.O=P(O)(O)O.c1ccccc1. The van der Waals surface area contributed by atoms with Gasteiger partial charge in [-0.05, 0) is 0 Å². The molecule has 8 nitrogen and oxygen atoms in total. The van der Waals surface area contributed by atoms with Gasteiger partial charge in [0.15, 0.2) is 0 Å². The predicted octanol–water partition coefficient (Wildman–Crippen LogP) is 1.25. The molecule has 0 unspecified atom stereocenters. The van der Waals surface area contributed by atoms with Gasteiger partial charge in [0.05, 0.1) is 0 Å². The molecule has 6 N–H and O–H groups in total. The fourth-order valence-electron chi connectivity index (χ4n) is 0.385. The molecule has 0 aliphatic heterocycles. The van der Waals surface area contributed by atoms with E-state index in [9.17, 15) is 0 Å². The van der Waals surface area contributed by atoms with E-state index in [2.05, 4.69) is 13.8 Å². The molecule has 10 heteroatoms. The molecule has 1 rings (SSSR count).